The minimum atomic E-state index is -1.04. The van der Waals surface area contributed by atoms with Crippen molar-refractivity contribution >= 4 is 414 Å². The number of hydrogen-bond acceptors (Lipinski definition) is 9. The van der Waals surface area contributed by atoms with Gasteiger partial charge in [0.15, 0.2) is 0 Å². The number of nitrogens with one attached hydrogen (secondary N) is 1. The molecule has 1 aliphatic rings. The van der Waals surface area contributed by atoms with Crippen molar-refractivity contribution in [3.05, 3.63) is 75.3 Å². The zero-order chi connectivity index (χ0) is 34.8. The summed E-state index contributed by atoms with van der Waals surface area (Å²) >= 11 is 15.0. The van der Waals surface area contributed by atoms with E-state index in [4.69, 9.17) is 9.47 Å². The Morgan fingerprint density at radius 1 is 0.955 bits per heavy atom. The van der Waals surface area contributed by atoms with Crippen LogP contribution in [0.5, 0.6) is 5.75 Å². The quantitative estimate of drug-likeness (QED) is 0.150. The van der Waals surface area contributed by atoms with E-state index in [0.29, 0.717) is 5.69 Å². The van der Waals surface area contributed by atoms with Crippen molar-refractivity contribution in [3.63, 3.8) is 0 Å². The number of fused-ring (bicyclic) bond motifs is 1. The Balaban J connectivity index is -0.00000125. The van der Waals surface area contributed by atoms with E-state index >= 15 is 0 Å². The molecule has 1 atom stereocenters. The number of rotatable bonds is 6. The fourth-order valence-electron chi connectivity index (χ4n) is 3.35. The summed E-state index contributed by atoms with van der Waals surface area (Å²) in [5, 5.41) is 13.9. The van der Waals surface area contributed by atoms with Crippen LogP contribution in [0.15, 0.2) is 47.6 Å². The Labute approximate surface area is 530 Å². The van der Waals surface area contributed by atoms with Crippen LogP contribution in [0.1, 0.15) is 27.5 Å². The molecule has 1 aromatic heterocycles. The SMILES string of the molecule is COC(=O)c1cnc(Nc2cc([N+](=O)[O-])c(F)cc2OC)nc1C1C=Nc2ccccc21.[K][K].[K][K].[K][K].[K][K].[K][K].[K][K]. The van der Waals surface area contributed by atoms with Crippen molar-refractivity contribution in [1.82, 2.24) is 9.97 Å². The number of nitro benzene ring substituents is 1. The Morgan fingerprint density at radius 2 is 1.52 bits per heavy atom. The van der Waals surface area contributed by atoms with E-state index in [9.17, 15) is 19.3 Å². The molecule has 1 unspecified atom stereocenters. The number of ether oxygens (including phenoxy) is 2. The van der Waals surface area contributed by atoms with E-state index in [1.54, 1.807) is 6.21 Å². The number of para-hydroxylation sites is 1. The first kappa shape index (κ1) is 63.5. The zero-order valence-corrected chi connectivity index (χ0v) is 66.4. The predicted molar refractivity (Wildman–Crippen MR) is 182 cm³/mol. The number of hydrogen-bond donors (Lipinski definition) is 1. The fraction of sp³-hybridized carbons (Fsp3) is 0.143. The average Bonchev–Trinajstić information content (AvgIpc) is 3.54. The van der Waals surface area contributed by atoms with Crippen molar-refractivity contribution in [1.29, 1.82) is 0 Å². The summed E-state index contributed by atoms with van der Waals surface area (Å²) in [5.41, 5.74) is 1.41. The number of methoxy groups -OCH3 is 2. The monoisotopic (exact) mass is 905 g/mol. The first-order valence-electron chi connectivity index (χ1n) is 15.3. The summed E-state index contributed by atoms with van der Waals surface area (Å²) in [6.07, 6.45) is 2.95. The third-order valence-corrected chi connectivity index (χ3v) is 4.86. The molecule has 0 bridgehead atoms. The van der Waals surface area contributed by atoms with Crippen LogP contribution in [-0.4, -0.2) is 420 Å². The summed E-state index contributed by atoms with van der Waals surface area (Å²) < 4.78 is 23.9. The molecule has 1 N–H and O–H groups in total. The number of carbonyl (C=O) groups excluding carboxylic acids is 1. The van der Waals surface area contributed by atoms with Crippen molar-refractivity contribution < 1.29 is 23.6 Å². The topological polar surface area (TPSA) is 129 Å². The van der Waals surface area contributed by atoms with Gasteiger partial charge in [0.05, 0.1) is 42.1 Å². The molecule has 3 aromatic rings. The van der Waals surface area contributed by atoms with Gasteiger partial charge in [-0.3, -0.25) is 15.1 Å². The maximum absolute atomic E-state index is 14.0. The van der Waals surface area contributed by atoms with E-state index in [2.05, 4.69) is 20.3 Å². The van der Waals surface area contributed by atoms with E-state index < -0.39 is 28.3 Å². The average molecular weight is 907 g/mol. The van der Waals surface area contributed by atoms with Crippen LogP contribution in [-0.2, 0) is 4.74 Å². The van der Waals surface area contributed by atoms with Gasteiger partial charge in [-0.15, -0.1) is 0 Å². The van der Waals surface area contributed by atoms with Crippen LogP contribution < -0.4 is 10.1 Å². The number of aliphatic imine (C=N–C) groups is 1. The molecule has 0 saturated carbocycles. The van der Waals surface area contributed by atoms with Crippen molar-refractivity contribution in [2.45, 2.75) is 5.92 Å². The van der Waals surface area contributed by atoms with Crippen LogP contribution in [0.25, 0.3) is 0 Å². The molecule has 0 fully saturated rings. The number of carbonyl (C=O) groups is 1. The Morgan fingerprint density at radius 3 is 2.05 bits per heavy atom. The van der Waals surface area contributed by atoms with Gasteiger partial charge < -0.3 is 14.8 Å². The van der Waals surface area contributed by atoms with Crippen molar-refractivity contribution in [3.8, 4) is 5.75 Å². The molecule has 0 amide bonds. The van der Waals surface area contributed by atoms with Gasteiger partial charge in [0, 0.05) is 24.5 Å². The first-order chi connectivity index (χ1) is 21.4. The summed E-state index contributed by atoms with van der Waals surface area (Å²) in [6.45, 7) is 0. The van der Waals surface area contributed by atoms with Crippen LogP contribution in [0, 0.1) is 15.9 Å². The summed E-state index contributed by atoms with van der Waals surface area (Å²) in [4.78, 5) is 35.5. The molecule has 4 rings (SSSR count). The molecule has 1 aliphatic heterocycles. The Kier molecular flexibility index (Phi) is 64.7. The first-order valence-corrected chi connectivity index (χ1v) is 111. The molecule has 0 aliphatic carbocycles. The molecule has 2 heterocycles. The molecule has 0 radical (unpaired) electrons. The van der Waals surface area contributed by atoms with Crippen LogP contribution in [0.3, 0.4) is 0 Å². The number of esters is 1. The van der Waals surface area contributed by atoms with Gasteiger partial charge in [0.25, 0.3) is 0 Å². The second kappa shape index (κ2) is 44.8. The molecule has 0 saturated heterocycles. The standard InChI is InChI=1S/C21H16FN5O5.12K/c1-31-18-7-14(22)17(27(29)30)8-16(18)25-21-24-10-13(20(28)32-2)19(26-21)12-9-23-15-6-4-3-5-11(12)15;;;;;;;;;;;;/h3-10,12H,1-2H3,(H,24,25,26);;;;;;;;;;;;. The molecule has 10 nitrogen and oxygen atoms in total. The van der Waals surface area contributed by atoms with Gasteiger partial charge in [-0.2, -0.15) is 4.39 Å². The van der Waals surface area contributed by atoms with Crippen LogP contribution in [0.2, 0.25) is 0 Å². The second-order valence-corrected chi connectivity index (χ2v) is 6.68. The summed E-state index contributed by atoms with van der Waals surface area (Å²) in [7, 11) is 2.54. The molecular weight excluding hydrogens is 890 g/mol. The Hall–Kier alpha value is 15.2. The summed E-state index contributed by atoms with van der Waals surface area (Å²) in [5.74, 6) is -2.07. The van der Waals surface area contributed by atoms with Gasteiger partial charge in [-0.25, -0.2) is 14.8 Å². The maximum atomic E-state index is 14.0. The van der Waals surface area contributed by atoms with E-state index in [1.165, 1.54) is 399 Å². The normalized spacial score (nSPS) is 11.3. The summed E-state index contributed by atoms with van der Waals surface area (Å²) in [6, 6.07) is 9.28. The molecule has 2 aromatic carbocycles. The van der Waals surface area contributed by atoms with Gasteiger partial charge in [0.2, 0.25) is 11.8 Å². The van der Waals surface area contributed by atoms with Crippen LogP contribution >= 0.6 is 0 Å². The number of benzene rings is 2. The predicted octanol–water partition coefficient (Wildman–Crippen LogP) is -0.659. The number of nitrogens with zero attached hydrogens (tertiary/aromatic N) is 4. The van der Waals surface area contributed by atoms with Gasteiger partial charge >= 0.3 is 391 Å². The molecular formula is C21H16FK12N5O5. The van der Waals surface area contributed by atoms with E-state index in [1.807, 2.05) is 24.3 Å². The van der Waals surface area contributed by atoms with Gasteiger partial charge in [0.1, 0.15) is 11.3 Å². The number of halogens is 1. The zero-order valence-electron chi connectivity index (χ0n) is 28.9. The van der Waals surface area contributed by atoms with Gasteiger partial charge in [-0.1, -0.05) is 18.2 Å². The molecule has 0 spiro atoms. The van der Waals surface area contributed by atoms with Crippen LogP contribution in [0.4, 0.5) is 27.4 Å². The molecule has 23 heteroatoms. The molecule has 174 valence electrons. The Bertz CT molecular complexity index is 1300. The minimum absolute atomic E-state index is 0.0167. The van der Waals surface area contributed by atoms with E-state index in [0.717, 1.165) is 23.4 Å². The van der Waals surface area contributed by atoms with Crippen molar-refractivity contribution in [2.75, 3.05) is 19.5 Å². The third-order valence-electron chi connectivity index (χ3n) is 4.86. The number of anilines is 2. The molecule has 44 heavy (non-hydrogen) atoms. The fourth-order valence-corrected chi connectivity index (χ4v) is 3.35. The van der Waals surface area contributed by atoms with Gasteiger partial charge in [-0.05, 0) is 11.6 Å². The second-order valence-electron chi connectivity index (χ2n) is 6.68. The number of nitro groups is 1. The number of aromatic nitrogens is 2. The van der Waals surface area contributed by atoms with Crippen molar-refractivity contribution in [2.24, 2.45) is 4.99 Å². The van der Waals surface area contributed by atoms with E-state index in [-0.39, 0.29) is 22.9 Å². The third kappa shape index (κ3) is 25.5.